The molecule has 0 unspecified atom stereocenters. The molecular weight excluding hydrogens is 256 g/mol. The highest BCUT2D eigenvalue weighted by atomic mass is 15.1. The summed E-state index contributed by atoms with van der Waals surface area (Å²) < 4.78 is 0. The van der Waals surface area contributed by atoms with Crippen molar-refractivity contribution in [3.63, 3.8) is 0 Å². The maximum absolute atomic E-state index is 2.48. The van der Waals surface area contributed by atoms with E-state index in [1.165, 1.54) is 16.8 Å². The molecule has 2 atom stereocenters. The smallest absolute Gasteiger partial charge is 0.0403 e. The van der Waals surface area contributed by atoms with E-state index in [1.54, 1.807) is 5.56 Å². The molecule has 2 aliphatic rings. The minimum Gasteiger partial charge on any atom is -0.374 e. The van der Waals surface area contributed by atoms with E-state index in [0.717, 1.165) is 19.6 Å². The predicted molar refractivity (Wildman–Crippen MR) is 88.0 cm³/mol. The van der Waals surface area contributed by atoms with Gasteiger partial charge in [-0.2, -0.15) is 0 Å². The Morgan fingerprint density at radius 3 is 2.48 bits per heavy atom. The molecule has 2 heteroatoms. The van der Waals surface area contributed by atoms with Crippen LogP contribution >= 0.6 is 0 Å². The van der Waals surface area contributed by atoms with Gasteiger partial charge in [0.05, 0.1) is 0 Å². The number of benzene rings is 2. The quantitative estimate of drug-likeness (QED) is 0.788. The Morgan fingerprint density at radius 1 is 0.857 bits per heavy atom. The molecule has 0 radical (unpaired) electrons. The van der Waals surface area contributed by atoms with Crippen molar-refractivity contribution in [2.24, 2.45) is 0 Å². The van der Waals surface area contributed by atoms with Gasteiger partial charge < -0.3 is 9.80 Å². The van der Waals surface area contributed by atoms with Crippen LogP contribution in [-0.2, 0) is 6.54 Å². The number of likely N-dealkylation sites (N-methyl/N-ethyl adjacent to an activating group) is 2. The molecule has 0 aliphatic carbocycles. The van der Waals surface area contributed by atoms with Crippen LogP contribution < -0.4 is 4.90 Å². The van der Waals surface area contributed by atoms with Crippen LogP contribution in [0.4, 0.5) is 5.69 Å². The average molecular weight is 278 g/mol. The summed E-state index contributed by atoms with van der Waals surface area (Å²) in [5.74, 6) is 1.21. The molecule has 0 amide bonds. The number of hydrogen-bond donors (Lipinski definition) is 0. The van der Waals surface area contributed by atoms with Crippen molar-refractivity contribution in [1.82, 2.24) is 4.90 Å². The number of anilines is 1. The molecule has 21 heavy (non-hydrogen) atoms. The van der Waals surface area contributed by atoms with Crippen molar-refractivity contribution in [2.75, 3.05) is 32.1 Å². The van der Waals surface area contributed by atoms with Crippen LogP contribution in [-0.4, -0.2) is 32.1 Å². The first-order valence-electron chi connectivity index (χ1n) is 7.80. The average Bonchev–Trinajstić information content (AvgIpc) is 2.76. The molecule has 2 aromatic rings. The number of rotatable bonds is 1. The first kappa shape index (κ1) is 12.9. The van der Waals surface area contributed by atoms with Gasteiger partial charge in [0.1, 0.15) is 0 Å². The molecule has 108 valence electrons. The standard InChI is InChI=1S/C19H22N2/c1-20-11-15-9-6-10-18-19(15)17(13-21(18)2)16(12-20)14-7-4-3-5-8-14/h3-10,16-17H,11-13H2,1-2H3/t16-,17-/m0/s1. The second kappa shape index (κ2) is 4.88. The van der Waals surface area contributed by atoms with E-state index in [2.05, 4.69) is 72.4 Å². The molecule has 2 heterocycles. The van der Waals surface area contributed by atoms with Gasteiger partial charge in [-0.25, -0.2) is 0 Å². The van der Waals surface area contributed by atoms with Crippen LogP contribution in [0.3, 0.4) is 0 Å². The molecule has 0 fully saturated rings. The number of hydrogen-bond acceptors (Lipinski definition) is 2. The zero-order valence-electron chi connectivity index (χ0n) is 12.8. The Labute approximate surface area is 127 Å². The first-order chi connectivity index (χ1) is 10.2. The fourth-order valence-corrected chi connectivity index (χ4v) is 4.17. The first-order valence-corrected chi connectivity index (χ1v) is 7.80. The Bertz CT molecular complexity index is 650. The van der Waals surface area contributed by atoms with Crippen LogP contribution in [0.25, 0.3) is 0 Å². The zero-order valence-corrected chi connectivity index (χ0v) is 12.8. The third-order valence-corrected chi connectivity index (χ3v) is 5.09. The predicted octanol–water partition coefficient (Wildman–Crippen LogP) is 3.45. The lowest BCUT2D eigenvalue weighted by molar-refractivity contribution is 0.302. The van der Waals surface area contributed by atoms with E-state index >= 15 is 0 Å². The van der Waals surface area contributed by atoms with Crippen LogP contribution in [0.15, 0.2) is 48.5 Å². The van der Waals surface area contributed by atoms with Gasteiger partial charge in [-0.05, 0) is 29.8 Å². The van der Waals surface area contributed by atoms with Gasteiger partial charge in [0, 0.05) is 44.2 Å². The van der Waals surface area contributed by atoms with E-state index in [9.17, 15) is 0 Å². The molecule has 2 nitrogen and oxygen atoms in total. The van der Waals surface area contributed by atoms with E-state index in [-0.39, 0.29) is 0 Å². The zero-order chi connectivity index (χ0) is 14.4. The van der Waals surface area contributed by atoms with Crippen LogP contribution in [0, 0.1) is 0 Å². The normalized spacial score (nSPS) is 24.8. The van der Waals surface area contributed by atoms with Crippen LogP contribution in [0.2, 0.25) is 0 Å². The maximum Gasteiger partial charge on any atom is 0.0403 e. The molecule has 0 spiro atoms. The summed E-state index contributed by atoms with van der Waals surface area (Å²) in [4.78, 5) is 4.91. The minimum absolute atomic E-state index is 0.587. The molecule has 0 saturated carbocycles. The molecule has 0 saturated heterocycles. The highest BCUT2D eigenvalue weighted by molar-refractivity contribution is 5.64. The molecule has 0 aromatic heterocycles. The number of nitrogens with zero attached hydrogens (tertiary/aromatic N) is 2. The van der Waals surface area contributed by atoms with Crippen LogP contribution in [0.1, 0.15) is 28.5 Å². The van der Waals surface area contributed by atoms with Crippen molar-refractivity contribution >= 4 is 5.69 Å². The molecular formula is C19H22N2. The van der Waals surface area contributed by atoms with E-state index in [1.807, 2.05) is 0 Å². The lowest BCUT2D eigenvalue weighted by Gasteiger charge is -2.26. The van der Waals surface area contributed by atoms with E-state index < -0.39 is 0 Å². The molecule has 0 N–H and O–H groups in total. The van der Waals surface area contributed by atoms with Gasteiger partial charge in [-0.1, -0.05) is 42.5 Å². The Morgan fingerprint density at radius 2 is 1.67 bits per heavy atom. The van der Waals surface area contributed by atoms with Crippen LogP contribution in [0.5, 0.6) is 0 Å². The summed E-state index contributed by atoms with van der Waals surface area (Å²) in [6.07, 6.45) is 0. The van der Waals surface area contributed by atoms with Gasteiger partial charge in [-0.15, -0.1) is 0 Å². The summed E-state index contributed by atoms with van der Waals surface area (Å²) in [5.41, 5.74) is 6.03. The van der Waals surface area contributed by atoms with E-state index in [4.69, 9.17) is 0 Å². The van der Waals surface area contributed by atoms with Gasteiger partial charge >= 0.3 is 0 Å². The van der Waals surface area contributed by atoms with Crippen molar-refractivity contribution in [3.05, 3.63) is 65.2 Å². The summed E-state index contributed by atoms with van der Waals surface area (Å²) in [6.45, 7) is 3.34. The molecule has 2 aromatic carbocycles. The largest absolute Gasteiger partial charge is 0.374 e. The topological polar surface area (TPSA) is 6.48 Å². The Hall–Kier alpha value is -1.80. The van der Waals surface area contributed by atoms with Gasteiger partial charge in [-0.3, -0.25) is 0 Å². The highest BCUT2D eigenvalue weighted by Gasteiger charge is 2.37. The van der Waals surface area contributed by atoms with Gasteiger partial charge in [0.15, 0.2) is 0 Å². The van der Waals surface area contributed by atoms with E-state index in [0.29, 0.717) is 11.8 Å². The highest BCUT2D eigenvalue weighted by Crippen LogP contribution is 2.47. The summed E-state index contributed by atoms with van der Waals surface area (Å²) in [7, 11) is 4.48. The summed E-state index contributed by atoms with van der Waals surface area (Å²) >= 11 is 0. The third kappa shape index (κ3) is 2.06. The fraction of sp³-hybridized carbons (Fsp3) is 0.368. The molecule has 2 aliphatic heterocycles. The van der Waals surface area contributed by atoms with Crippen molar-refractivity contribution in [1.29, 1.82) is 0 Å². The lowest BCUT2D eigenvalue weighted by Crippen LogP contribution is -2.27. The second-order valence-electron chi connectivity index (χ2n) is 6.55. The second-order valence-corrected chi connectivity index (χ2v) is 6.55. The SMILES string of the molecule is CN1Cc2cccc3c2[C@@H](CN3C)[C@H](c2ccccc2)C1. The monoisotopic (exact) mass is 278 g/mol. The lowest BCUT2D eigenvalue weighted by atomic mass is 9.82. The minimum atomic E-state index is 0.587. The molecule has 4 rings (SSSR count). The van der Waals surface area contributed by atoms with Gasteiger partial charge in [0.25, 0.3) is 0 Å². The van der Waals surface area contributed by atoms with Crippen molar-refractivity contribution in [2.45, 2.75) is 18.4 Å². The summed E-state index contributed by atoms with van der Waals surface area (Å²) in [6, 6.07) is 17.9. The van der Waals surface area contributed by atoms with Crippen molar-refractivity contribution in [3.8, 4) is 0 Å². The third-order valence-electron chi connectivity index (χ3n) is 5.09. The van der Waals surface area contributed by atoms with Crippen molar-refractivity contribution < 1.29 is 0 Å². The van der Waals surface area contributed by atoms with Gasteiger partial charge in [0.2, 0.25) is 0 Å². The Kier molecular flexibility index (Phi) is 3.00. The molecule has 0 bridgehead atoms. The maximum atomic E-state index is 2.48. The Balaban J connectivity index is 1.85. The fourth-order valence-electron chi connectivity index (χ4n) is 4.17. The summed E-state index contributed by atoms with van der Waals surface area (Å²) in [5, 5.41) is 0.